The van der Waals surface area contributed by atoms with E-state index in [0.29, 0.717) is 11.5 Å². The van der Waals surface area contributed by atoms with Gasteiger partial charge in [-0.05, 0) is 43.4 Å². The molecule has 10 heteroatoms. The van der Waals surface area contributed by atoms with Gasteiger partial charge in [-0.15, -0.1) is 0 Å². The third kappa shape index (κ3) is 5.55. The summed E-state index contributed by atoms with van der Waals surface area (Å²) in [4.78, 5) is 28.0. The van der Waals surface area contributed by atoms with Gasteiger partial charge in [-0.25, -0.2) is 9.78 Å². The second-order valence-corrected chi connectivity index (χ2v) is 5.78. The molecule has 1 aromatic carbocycles. The lowest BCUT2D eigenvalue weighted by Crippen LogP contribution is -2.48. The summed E-state index contributed by atoms with van der Waals surface area (Å²) in [6, 6.07) is 10.1. The zero-order valence-electron chi connectivity index (χ0n) is 15.5. The van der Waals surface area contributed by atoms with Crippen LogP contribution in [-0.4, -0.2) is 42.3 Å². The summed E-state index contributed by atoms with van der Waals surface area (Å²) in [5, 5.41) is 2.75. The molecule has 0 saturated heterocycles. The van der Waals surface area contributed by atoms with Crippen LogP contribution in [0.15, 0.2) is 42.6 Å². The minimum atomic E-state index is -0.827. The van der Waals surface area contributed by atoms with Gasteiger partial charge in [-0.3, -0.25) is 15.6 Å². The summed E-state index contributed by atoms with van der Waals surface area (Å²) in [6.45, 7) is 1.58. The summed E-state index contributed by atoms with van der Waals surface area (Å²) in [7, 11) is 2.78. The van der Waals surface area contributed by atoms with Crippen molar-refractivity contribution in [2.75, 3.05) is 19.5 Å². The smallest absolute Gasteiger partial charge is 0.341 e. The SMILES string of the molecule is COC(=O)c1cccnc1NC(=S)NNC(=O)[C@@H](C)Oc1ccccc1OC. The highest BCUT2D eigenvalue weighted by molar-refractivity contribution is 7.80. The van der Waals surface area contributed by atoms with Crippen molar-refractivity contribution in [2.45, 2.75) is 13.0 Å². The van der Waals surface area contributed by atoms with Crippen LogP contribution in [-0.2, 0) is 9.53 Å². The number of benzene rings is 1. The van der Waals surface area contributed by atoms with Crippen molar-refractivity contribution in [1.29, 1.82) is 0 Å². The first kappa shape index (κ1) is 20.9. The zero-order valence-corrected chi connectivity index (χ0v) is 16.3. The van der Waals surface area contributed by atoms with Gasteiger partial charge in [0, 0.05) is 6.20 Å². The van der Waals surface area contributed by atoms with Crippen LogP contribution in [0.5, 0.6) is 11.5 Å². The Balaban J connectivity index is 1.90. The molecule has 9 nitrogen and oxygen atoms in total. The van der Waals surface area contributed by atoms with Crippen LogP contribution in [0.1, 0.15) is 17.3 Å². The van der Waals surface area contributed by atoms with Crippen LogP contribution in [0.2, 0.25) is 0 Å². The average molecular weight is 404 g/mol. The highest BCUT2D eigenvalue weighted by atomic mass is 32.1. The molecule has 28 heavy (non-hydrogen) atoms. The first-order valence-electron chi connectivity index (χ1n) is 8.16. The highest BCUT2D eigenvalue weighted by Gasteiger charge is 2.18. The van der Waals surface area contributed by atoms with E-state index in [0.717, 1.165) is 0 Å². The van der Waals surface area contributed by atoms with Gasteiger partial charge < -0.3 is 19.5 Å². The van der Waals surface area contributed by atoms with Gasteiger partial charge in [-0.2, -0.15) is 0 Å². The number of amides is 1. The number of thiocarbonyl (C=S) groups is 1. The van der Waals surface area contributed by atoms with Crippen LogP contribution in [0, 0.1) is 0 Å². The quantitative estimate of drug-likeness (QED) is 0.376. The predicted molar refractivity (Wildman–Crippen MR) is 106 cm³/mol. The molecule has 0 aliphatic rings. The maximum absolute atomic E-state index is 12.2. The first-order valence-corrected chi connectivity index (χ1v) is 8.57. The third-order valence-electron chi connectivity index (χ3n) is 3.49. The molecule has 0 aliphatic carbocycles. The molecule has 0 spiro atoms. The summed E-state index contributed by atoms with van der Waals surface area (Å²) < 4.78 is 15.5. The van der Waals surface area contributed by atoms with E-state index < -0.39 is 18.0 Å². The number of rotatable bonds is 6. The van der Waals surface area contributed by atoms with Crippen molar-refractivity contribution >= 4 is 35.0 Å². The lowest BCUT2D eigenvalue weighted by Gasteiger charge is -2.18. The van der Waals surface area contributed by atoms with E-state index in [9.17, 15) is 9.59 Å². The van der Waals surface area contributed by atoms with Crippen LogP contribution in [0.25, 0.3) is 0 Å². The van der Waals surface area contributed by atoms with Crippen LogP contribution in [0.4, 0.5) is 5.82 Å². The molecule has 1 atom stereocenters. The number of nitrogens with one attached hydrogen (secondary N) is 3. The summed E-state index contributed by atoms with van der Waals surface area (Å²) in [6.07, 6.45) is 0.658. The molecule has 0 unspecified atom stereocenters. The van der Waals surface area contributed by atoms with E-state index in [1.165, 1.54) is 26.5 Å². The minimum Gasteiger partial charge on any atom is -0.493 e. The standard InChI is InChI=1S/C18H20N4O5S/c1-11(27-14-9-5-4-8-13(14)25-2)16(23)21-22-18(28)20-15-12(17(24)26-3)7-6-10-19-15/h4-11H,1-3H3,(H,21,23)(H2,19,20,22,28)/t11-/m1/s1. The summed E-state index contributed by atoms with van der Waals surface area (Å²) >= 11 is 5.10. The number of carbonyl (C=O) groups is 2. The molecule has 3 N–H and O–H groups in total. The monoisotopic (exact) mass is 404 g/mol. The van der Waals surface area contributed by atoms with Crippen molar-refractivity contribution in [3.63, 3.8) is 0 Å². The average Bonchev–Trinajstić information content (AvgIpc) is 2.72. The fourth-order valence-corrected chi connectivity index (χ4v) is 2.25. The number of aromatic nitrogens is 1. The van der Waals surface area contributed by atoms with Crippen LogP contribution < -0.4 is 25.6 Å². The lowest BCUT2D eigenvalue weighted by molar-refractivity contribution is -0.127. The van der Waals surface area contributed by atoms with Gasteiger partial charge in [0.1, 0.15) is 11.4 Å². The number of hydrazine groups is 1. The largest absolute Gasteiger partial charge is 0.493 e. The first-order chi connectivity index (χ1) is 13.5. The third-order valence-corrected chi connectivity index (χ3v) is 3.69. The van der Waals surface area contributed by atoms with Gasteiger partial charge in [0.25, 0.3) is 5.91 Å². The maximum atomic E-state index is 12.2. The Labute approximate surface area is 167 Å². The van der Waals surface area contributed by atoms with Crippen molar-refractivity contribution in [3.05, 3.63) is 48.2 Å². The van der Waals surface area contributed by atoms with Crippen molar-refractivity contribution in [1.82, 2.24) is 15.8 Å². The molecule has 0 saturated carbocycles. The molecule has 0 radical (unpaired) electrons. The maximum Gasteiger partial charge on any atom is 0.341 e. The molecule has 1 heterocycles. The van der Waals surface area contributed by atoms with Crippen LogP contribution in [0.3, 0.4) is 0 Å². The van der Waals surface area contributed by atoms with Gasteiger partial charge in [-0.1, -0.05) is 12.1 Å². The van der Waals surface area contributed by atoms with E-state index in [1.807, 2.05) is 0 Å². The Hall–Kier alpha value is -3.40. The second kappa shape index (κ2) is 10.1. The number of esters is 1. The van der Waals surface area contributed by atoms with Crippen molar-refractivity contribution < 1.29 is 23.8 Å². The number of anilines is 1. The number of para-hydroxylation sites is 2. The molecule has 2 aromatic rings. The topological polar surface area (TPSA) is 111 Å². The molecule has 1 aromatic heterocycles. The Morgan fingerprint density at radius 1 is 1.07 bits per heavy atom. The molecule has 2 rings (SSSR count). The van der Waals surface area contributed by atoms with E-state index in [-0.39, 0.29) is 16.5 Å². The molecular weight excluding hydrogens is 384 g/mol. The van der Waals surface area contributed by atoms with E-state index in [1.54, 1.807) is 37.3 Å². The predicted octanol–water partition coefficient (Wildman–Crippen LogP) is 1.66. The minimum absolute atomic E-state index is 0.0293. The number of pyridine rings is 1. The van der Waals surface area contributed by atoms with Crippen molar-refractivity contribution in [3.8, 4) is 11.5 Å². The number of nitrogens with zero attached hydrogens (tertiary/aromatic N) is 1. The Morgan fingerprint density at radius 2 is 1.79 bits per heavy atom. The normalized spacial score (nSPS) is 11.0. The fourth-order valence-electron chi connectivity index (χ4n) is 2.10. The highest BCUT2D eigenvalue weighted by Crippen LogP contribution is 2.26. The van der Waals surface area contributed by atoms with Crippen LogP contribution >= 0.6 is 12.2 Å². The van der Waals surface area contributed by atoms with E-state index >= 15 is 0 Å². The number of methoxy groups -OCH3 is 2. The Kier molecular flexibility index (Phi) is 7.52. The number of hydrogen-bond acceptors (Lipinski definition) is 7. The van der Waals surface area contributed by atoms with E-state index in [4.69, 9.17) is 21.7 Å². The second-order valence-electron chi connectivity index (χ2n) is 5.37. The molecule has 0 fully saturated rings. The molecule has 0 bridgehead atoms. The number of hydrogen-bond donors (Lipinski definition) is 3. The summed E-state index contributed by atoms with van der Waals surface area (Å²) in [5.74, 6) is 0.104. The molecular formula is C18H20N4O5S. The Morgan fingerprint density at radius 3 is 2.46 bits per heavy atom. The van der Waals surface area contributed by atoms with Gasteiger partial charge >= 0.3 is 5.97 Å². The van der Waals surface area contributed by atoms with Gasteiger partial charge in [0.2, 0.25) is 0 Å². The number of ether oxygens (including phenoxy) is 3. The molecule has 1 amide bonds. The summed E-state index contributed by atoms with van der Waals surface area (Å²) in [5.41, 5.74) is 5.15. The molecule has 148 valence electrons. The Bertz CT molecular complexity index is 861. The van der Waals surface area contributed by atoms with Gasteiger partial charge in [0.05, 0.1) is 14.2 Å². The molecule has 0 aliphatic heterocycles. The zero-order chi connectivity index (χ0) is 20.5. The van der Waals surface area contributed by atoms with E-state index in [2.05, 4.69) is 25.9 Å². The fraction of sp³-hybridized carbons (Fsp3) is 0.222. The van der Waals surface area contributed by atoms with Crippen molar-refractivity contribution in [2.24, 2.45) is 0 Å². The lowest BCUT2D eigenvalue weighted by atomic mass is 10.2. The van der Waals surface area contributed by atoms with Gasteiger partial charge in [0.15, 0.2) is 22.7 Å². The number of carbonyl (C=O) groups excluding carboxylic acids is 2.